The van der Waals surface area contributed by atoms with Crippen LogP contribution in [-0.4, -0.2) is 22.9 Å². The molecule has 3 heteroatoms. The van der Waals surface area contributed by atoms with Crippen LogP contribution in [0.2, 0.25) is 0 Å². The van der Waals surface area contributed by atoms with Gasteiger partial charge in [-0.05, 0) is 30.7 Å². The predicted molar refractivity (Wildman–Crippen MR) is 84.7 cm³/mol. The van der Waals surface area contributed by atoms with Crippen LogP contribution in [0.1, 0.15) is 50.9 Å². The lowest BCUT2D eigenvalue weighted by Crippen LogP contribution is -2.36. The topological polar surface area (TPSA) is 32.3 Å². The third kappa shape index (κ3) is 2.59. The Bertz CT molecular complexity index is 542. The minimum absolute atomic E-state index is 0.0340. The van der Waals surface area contributed by atoms with E-state index in [1.165, 1.54) is 11.1 Å². The molecule has 1 heterocycles. The minimum atomic E-state index is -0.0340. The van der Waals surface area contributed by atoms with Crippen LogP contribution >= 0.6 is 0 Å². The van der Waals surface area contributed by atoms with E-state index in [9.17, 15) is 4.79 Å². The molecule has 1 aliphatic heterocycles. The highest BCUT2D eigenvalue weighted by molar-refractivity contribution is 5.85. The Kier molecular flexibility index (Phi) is 3.78. The van der Waals surface area contributed by atoms with Gasteiger partial charge in [-0.2, -0.15) is 0 Å². The van der Waals surface area contributed by atoms with E-state index >= 15 is 0 Å². The lowest BCUT2D eigenvalue weighted by atomic mass is 9.99. The van der Waals surface area contributed by atoms with Gasteiger partial charge in [0.1, 0.15) is 6.17 Å². The van der Waals surface area contributed by atoms with Crippen molar-refractivity contribution in [3.05, 3.63) is 35.4 Å². The van der Waals surface area contributed by atoms with Crippen molar-refractivity contribution >= 4 is 5.91 Å². The molecule has 0 radical (unpaired) electrons. The zero-order valence-electron chi connectivity index (χ0n) is 13.5. The Morgan fingerprint density at radius 2 is 2.14 bits per heavy atom. The van der Waals surface area contributed by atoms with E-state index < -0.39 is 0 Å². The molecule has 1 saturated heterocycles. The lowest BCUT2D eigenvalue weighted by Gasteiger charge is -2.25. The van der Waals surface area contributed by atoms with Crippen LogP contribution in [-0.2, 0) is 4.79 Å². The van der Waals surface area contributed by atoms with E-state index in [2.05, 4.69) is 62.2 Å². The summed E-state index contributed by atoms with van der Waals surface area (Å²) < 4.78 is 0. The largest absolute Gasteiger partial charge is 0.318 e. The normalized spacial score (nSPS) is 33.3. The first kappa shape index (κ1) is 14.6. The summed E-state index contributed by atoms with van der Waals surface area (Å²) in [7, 11) is 0. The highest BCUT2D eigenvalue weighted by atomic mass is 16.2. The summed E-state index contributed by atoms with van der Waals surface area (Å²) in [5.74, 6) is 1.31. The fraction of sp³-hybridized carbons (Fsp3) is 0.611. The molecule has 1 aliphatic carbocycles. The zero-order valence-corrected chi connectivity index (χ0v) is 13.5. The first-order chi connectivity index (χ1) is 10.0. The van der Waals surface area contributed by atoms with Gasteiger partial charge in [0.15, 0.2) is 0 Å². The van der Waals surface area contributed by atoms with E-state index in [0.29, 0.717) is 23.8 Å². The van der Waals surface area contributed by atoms with Gasteiger partial charge in [-0.3, -0.25) is 10.1 Å². The molecule has 2 aliphatic rings. The van der Waals surface area contributed by atoms with Gasteiger partial charge in [0.05, 0.1) is 6.04 Å². The number of aryl methyl sites for hydroxylation is 1. The molecule has 1 N–H and O–H groups in total. The molecule has 3 nitrogen and oxygen atoms in total. The Balaban J connectivity index is 1.91. The van der Waals surface area contributed by atoms with Crippen molar-refractivity contribution in [1.29, 1.82) is 0 Å². The van der Waals surface area contributed by atoms with Crippen LogP contribution in [0.5, 0.6) is 0 Å². The fourth-order valence-corrected chi connectivity index (χ4v) is 3.39. The molecular weight excluding hydrogens is 260 g/mol. The molecule has 1 saturated carbocycles. The molecule has 21 heavy (non-hydrogen) atoms. The standard InChI is InChI=1S/C18H26N2O/c1-5-12(3)16-18(21)20(15-10-13(15)4)17(19-16)14-8-6-7-11(2)9-14/h6-9,12-13,15-17,19H,5,10H2,1-4H3. The highest BCUT2D eigenvalue weighted by Crippen LogP contribution is 2.42. The monoisotopic (exact) mass is 286 g/mol. The lowest BCUT2D eigenvalue weighted by molar-refractivity contribution is -0.131. The summed E-state index contributed by atoms with van der Waals surface area (Å²) in [6.45, 7) is 8.67. The molecular formula is C18H26N2O. The molecule has 0 aromatic heterocycles. The molecule has 2 fully saturated rings. The Hall–Kier alpha value is -1.35. The summed E-state index contributed by atoms with van der Waals surface area (Å²) in [6.07, 6.45) is 2.22. The van der Waals surface area contributed by atoms with Crippen molar-refractivity contribution in [2.45, 2.75) is 58.8 Å². The molecule has 1 aromatic rings. The van der Waals surface area contributed by atoms with Crippen molar-refractivity contribution in [3.63, 3.8) is 0 Å². The van der Waals surface area contributed by atoms with Crippen molar-refractivity contribution < 1.29 is 4.79 Å². The molecule has 3 rings (SSSR count). The number of carbonyl (C=O) groups is 1. The summed E-state index contributed by atoms with van der Waals surface area (Å²) in [6, 6.07) is 8.91. The van der Waals surface area contributed by atoms with Gasteiger partial charge < -0.3 is 4.90 Å². The van der Waals surface area contributed by atoms with Gasteiger partial charge in [-0.25, -0.2) is 0 Å². The van der Waals surface area contributed by atoms with Gasteiger partial charge in [-0.1, -0.05) is 57.0 Å². The van der Waals surface area contributed by atoms with E-state index in [1.54, 1.807) is 0 Å². The molecule has 1 aromatic carbocycles. The number of benzene rings is 1. The Labute approximate surface area is 127 Å². The van der Waals surface area contributed by atoms with Crippen LogP contribution < -0.4 is 5.32 Å². The van der Waals surface area contributed by atoms with Crippen molar-refractivity contribution in [1.82, 2.24) is 10.2 Å². The van der Waals surface area contributed by atoms with Crippen LogP contribution in [0.25, 0.3) is 0 Å². The maximum atomic E-state index is 12.9. The van der Waals surface area contributed by atoms with E-state index in [1.807, 2.05) is 0 Å². The summed E-state index contributed by atoms with van der Waals surface area (Å²) in [5, 5.41) is 3.60. The zero-order chi connectivity index (χ0) is 15.1. The predicted octanol–water partition coefficient (Wildman–Crippen LogP) is 3.25. The quantitative estimate of drug-likeness (QED) is 0.921. The maximum Gasteiger partial charge on any atom is 0.241 e. The number of amides is 1. The third-order valence-electron chi connectivity index (χ3n) is 5.13. The van der Waals surface area contributed by atoms with Crippen molar-refractivity contribution in [3.8, 4) is 0 Å². The van der Waals surface area contributed by atoms with Gasteiger partial charge in [0.2, 0.25) is 5.91 Å². The number of carbonyl (C=O) groups excluding carboxylic acids is 1. The molecule has 5 atom stereocenters. The van der Waals surface area contributed by atoms with E-state index in [-0.39, 0.29) is 12.2 Å². The Morgan fingerprint density at radius 1 is 1.43 bits per heavy atom. The van der Waals surface area contributed by atoms with E-state index in [4.69, 9.17) is 0 Å². The molecule has 114 valence electrons. The highest BCUT2D eigenvalue weighted by Gasteiger charge is 2.51. The molecule has 0 spiro atoms. The third-order valence-corrected chi connectivity index (χ3v) is 5.13. The smallest absolute Gasteiger partial charge is 0.241 e. The van der Waals surface area contributed by atoms with Crippen LogP contribution in [0.15, 0.2) is 24.3 Å². The van der Waals surface area contributed by atoms with Gasteiger partial charge in [0, 0.05) is 6.04 Å². The van der Waals surface area contributed by atoms with Gasteiger partial charge in [0.25, 0.3) is 0 Å². The second-order valence-electron chi connectivity index (χ2n) is 6.87. The number of hydrogen-bond donors (Lipinski definition) is 1. The minimum Gasteiger partial charge on any atom is -0.318 e. The number of rotatable bonds is 4. The first-order valence-corrected chi connectivity index (χ1v) is 8.17. The van der Waals surface area contributed by atoms with Gasteiger partial charge >= 0.3 is 0 Å². The average Bonchev–Trinajstić information content (AvgIpc) is 3.07. The van der Waals surface area contributed by atoms with Crippen molar-refractivity contribution in [2.75, 3.05) is 0 Å². The van der Waals surface area contributed by atoms with Crippen LogP contribution in [0.4, 0.5) is 0 Å². The molecule has 1 amide bonds. The number of nitrogens with zero attached hydrogens (tertiary/aromatic N) is 1. The summed E-state index contributed by atoms with van der Waals surface area (Å²) in [5.41, 5.74) is 2.46. The van der Waals surface area contributed by atoms with E-state index in [0.717, 1.165) is 12.8 Å². The SMILES string of the molecule is CCC(C)C1NC(c2cccc(C)c2)N(C2CC2C)C1=O. The van der Waals surface area contributed by atoms with Crippen LogP contribution in [0, 0.1) is 18.8 Å². The van der Waals surface area contributed by atoms with Crippen molar-refractivity contribution in [2.24, 2.45) is 11.8 Å². The summed E-state index contributed by atoms with van der Waals surface area (Å²) >= 11 is 0. The second-order valence-corrected chi connectivity index (χ2v) is 6.87. The molecule has 5 unspecified atom stereocenters. The van der Waals surface area contributed by atoms with Gasteiger partial charge in [-0.15, -0.1) is 0 Å². The number of hydrogen-bond acceptors (Lipinski definition) is 2. The molecule has 0 bridgehead atoms. The fourth-order valence-electron chi connectivity index (χ4n) is 3.39. The Morgan fingerprint density at radius 3 is 2.71 bits per heavy atom. The maximum absolute atomic E-state index is 12.9. The number of nitrogens with one attached hydrogen (secondary N) is 1. The summed E-state index contributed by atoms with van der Waals surface area (Å²) in [4.78, 5) is 15.0. The average molecular weight is 286 g/mol. The first-order valence-electron chi connectivity index (χ1n) is 8.17. The second kappa shape index (κ2) is 5.45. The van der Waals surface area contributed by atoms with Crippen LogP contribution in [0.3, 0.4) is 0 Å².